The van der Waals surface area contributed by atoms with Crippen LogP contribution in [0.3, 0.4) is 0 Å². The summed E-state index contributed by atoms with van der Waals surface area (Å²) in [5.74, 6) is 0. The van der Waals surface area contributed by atoms with Gasteiger partial charge < -0.3 is 0 Å². The molecule has 1 aliphatic heterocycles. The van der Waals surface area contributed by atoms with Crippen LogP contribution < -0.4 is 0 Å². The molecule has 0 nitrogen and oxygen atoms in total. The van der Waals surface area contributed by atoms with E-state index in [1.54, 1.807) is 4.47 Å². The number of hydrogen-bond donors (Lipinski definition) is 0. The molecule has 1 aromatic rings. The minimum absolute atomic E-state index is 0.0332. The molecule has 1 aromatic carbocycles. The van der Waals surface area contributed by atoms with E-state index >= 15 is 0 Å². The average Bonchev–Trinajstić information content (AvgIpc) is 2.72. The maximum absolute atomic E-state index is 2.33. The molecule has 74 valence electrons. The molecular formula is C13H16Se. The van der Waals surface area contributed by atoms with Gasteiger partial charge in [0.15, 0.2) is 0 Å². The number of hydrogen-bond acceptors (Lipinski definition) is 0. The summed E-state index contributed by atoms with van der Waals surface area (Å²) in [5.41, 5.74) is 2.89. The molecule has 0 fully saturated rings. The van der Waals surface area contributed by atoms with E-state index in [9.17, 15) is 0 Å². The predicted octanol–water partition coefficient (Wildman–Crippen LogP) is 2.68. The van der Waals surface area contributed by atoms with E-state index in [0.29, 0.717) is 0 Å². The van der Waals surface area contributed by atoms with Crippen LogP contribution in [-0.2, 0) is 6.42 Å². The Balaban J connectivity index is 2.14. The first kappa shape index (κ1) is 9.76. The van der Waals surface area contributed by atoms with E-state index in [1.807, 2.05) is 0 Å². The fourth-order valence-electron chi connectivity index (χ4n) is 1.65. The van der Waals surface area contributed by atoms with Gasteiger partial charge >= 0.3 is 91.7 Å². The van der Waals surface area contributed by atoms with Crippen LogP contribution in [0.25, 0.3) is 4.47 Å². The monoisotopic (exact) mass is 252 g/mol. The van der Waals surface area contributed by atoms with E-state index in [0.717, 1.165) is 0 Å². The zero-order chi connectivity index (χ0) is 9.80. The summed E-state index contributed by atoms with van der Waals surface area (Å²) in [6, 6.07) is 9.08. The molecule has 14 heavy (non-hydrogen) atoms. The Hall–Kier alpha value is -0.781. The number of benzene rings is 1. The fourth-order valence-corrected chi connectivity index (χ4v) is 3.53. The molecule has 0 unspecified atom stereocenters. The van der Waals surface area contributed by atoms with Crippen LogP contribution in [0.5, 0.6) is 0 Å². The van der Waals surface area contributed by atoms with Gasteiger partial charge in [0.1, 0.15) is 0 Å². The Morgan fingerprint density at radius 1 is 1.14 bits per heavy atom. The first-order valence-electron chi connectivity index (χ1n) is 5.13. The molecule has 1 heteroatoms. The quantitative estimate of drug-likeness (QED) is 0.724. The van der Waals surface area contributed by atoms with Crippen molar-refractivity contribution in [1.82, 2.24) is 0 Å². The van der Waals surface area contributed by atoms with Gasteiger partial charge in [-0.1, -0.05) is 0 Å². The van der Waals surface area contributed by atoms with Crippen molar-refractivity contribution in [2.24, 2.45) is 0 Å². The summed E-state index contributed by atoms with van der Waals surface area (Å²) in [6.07, 6.45) is 6.88. The molecule has 1 heterocycles. The Bertz CT molecular complexity index is 357. The van der Waals surface area contributed by atoms with Gasteiger partial charge in [-0.25, -0.2) is 0 Å². The van der Waals surface area contributed by atoms with Crippen molar-refractivity contribution in [3.8, 4) is 0 Å². The van der Waals surface area contributed by atoms with Crippen LogP contribution in [-0.4, -0.2) is 15.0 Å². The second-order valence-corrected chi connectivity index (χ2v) is 5.97. The Labute approximate surface area is 91.9 Å². The Morgan fingerprint density at radius 3 is 2.50 bits per heavy atom. The van der Waals surface area contributed by atoms with Crippen molar-refractivity contribution in [2.75, 3.05) is 0 Å². The van der Waals surface area contributed by atoms with E-state index in [4.69, 9.17) is 0 Å². The Morgan fingerprint density at radius 2 is 1.93 bits per heavy atom. The summed E-state index contributed by atoms with van der Waals surface area (Å²) in [6.45, 7) is 2.23. The SMILES string of the molecule is CCCc1ccc(C2=CC=C[SeH2]2)cc1. The van der Waals surface area contributed by atoms with Crippen molar-refractivity contribution in [3.05, 3.63) is 52.5 Å². The van der Waals surface area contributed by atoms with E-state index in [2.05, 4.69) is 48.3 Å². The molecule has 0 amide bonds. The maximum atomic E-state index is 2.33. The summed E-state index contributed by atoms with van der Waals surface area (Å²) >= 11 is 0.0332. The molecule has 0 atom stereocenters. The molecular weight excluding hydrogens is 235 g/mol. The zero-order valence-electron chi connectivity index (χ0n) is 8.46. The molecule has 0 bridgehead atoms. The average molecular weight is 251 g/mol. The minimum atomic E-state index is 0.0332. The molecule has 0 radical (unpaired) electrons. The molecule has 0 spiro atoms. The van der Waals surface area contributed by atoms with Crippen LogP contribution in [0.4, 0.5) is 0 Å². The van der Waals surface area contributed by atoms with Gasteiger partial charge in [-0.05, 0) is 0 Å². The standard InChI is InChI=1S/C13H16Se/c1-2-4-11-6-8-12(9-7-11)13-5-3-10-14-13/h3,5-10H,2,4,14H2,1H3. The van der Waals surface area contributed by atoms with E-state index in [-0.39, 0.29) is 15.0 Å². The fraction of sp³-hybridized carbons (Fsp3) is 0.231. The molecule has 2 rings (SSSR count). The van der Waals surface area contributed by atoms with Crippen LogP contribution >= 0.6 is 0 Å². The van der Waals surface area contributed by atoms with Crippen molar-refractivity contribution < 1.29 is 0 Å². The predicted molar refractivity (Wildman–Crippen MR) is 66.1 cm³/mol. The third kappa shape index (κ3) is 2.17. The van der Waals surface area contributed by atoms with Crippen LogP contribution in [0, 0.1) is 0 Å². The van der Waals surface area contributed by atoms with Gasteiger partial charge in [-0.3, -0.25) is 0 Å². The summed E-state index contributed by atoms with van der Waals surface area (Å²) in [4.78, 5) is 2.33. The zero-order valence-corrected chi connectivity index (χ0v) is 10.6. The van der Waals surface area contributed by atoms with Crippen molar-refractivity contribution in [2.45, 2.75) is 19.8 Å². The normalized spacial score (nSPS) is 17.4. The molecule has 1 aliphatic rings. The second kappa shape index (κ2) is 4.63. The first-order chi connectivity index (χ1) is 6.90. The third-order valence-corrected chi connectivity index (χ3v) is 4.76. The Kier molecular flexibility index (Phi) is 3.23. The van der Waals surface area contributed by atoms with E-state index < -0.39 is 0 Å². The number of rotatable bonds is 3. The summed E-state index contributed by atoms with van der Waals surface area (Å²) in [7, 11) is 0. The van der Waals surface area contributed by atoms with Crippen LogP contribution in [0.15, 0.2) is 41.4 Å². The second-order valence-electron chi connectivity index (χ2n) is 3.53. The molecule has 0 aromatic heterocycles. The van der Waals surface area contributed by atoms with Gasteiger partial charge in [-0.15, -0.1) is 0 Å². The summed E-state index contributed by atoms with van der Waals surface area (Å²) < 4.78 is 1.56. The topological polar surface area (TPSA) is 0 Å². The number of allylic oxidation sites excluding steroid dienone is 2. The van der Waals surface area contributed by atoms with Gasteiger partial charge in [0.05, 0.1) is 0 Å². The van der Waals surface area contributed by atoms with Gasteiger partial charge in [0.25, 0.3) is 0 Å². The van der Waals surface area contributed by atoms with Gasteiger partial charge in [-0.2, -0.15) is 0 Å². The first-order valence-corrected chi connectivity index (χ1v) is 7.39. The van der Waals surface area contributed by atoms with Gasteiger partial charge in [0, 0.05) is 0 Å². The van der Waals surface area contributed by atoms with E-state index in [1.165, 1.54) is 24.0 Å². The van der Waals surface area contributed by atoms with Crippen molar-refractivity contribution >= 4 is 19.4 Å². The van der Waals surface area contributed by atoms with Crippen LogP contribution in [0.1, 0.15) is 24.5 Å². The van der Waals surface area contributed by atoms with Crippen molar-refractivity contribution in [3.63, 3.8) is 0 Å². The number of aryl methyl sites for hydroxylation is 1. The molecule has 0 saturated heterocycles. The third-order valence-electron chi connectivity index (χ3n) is 2.40. The molecule has 0 saturated carbocycles. The summed E-state index contributed by atoms with van der Waals surface area (Å²) in [5, 5.41) is 0. The van der Waals surface area contributed by atoms with Crippen molar-refractivity contribution in [1.29, 1.82) is 0 Å². The van der Waals surface area contributed by atoms with Crippen LogP contribution in [0.2, 0.25) is 0 Å². The molecule has 0 aliphatic carbocycles. The molecule has 0 N–H and O–H groups in total. The van der Waals surface area contributed by atoms with Gasteiger partial charge in [0.2, 0.25) is 0 Å².